The molecule has 0 bridgehead atoms. The van der Waals surface area contributed by atoms with Crippen molar-refractivity contribution in [2.75, 3.05) is 0 Å². The van der Waals surface area contributed by atoms with Crippen LogP contribution in [0.15, 0.2) is 24.3 Å². The molecule has 0 amide bonds. The van der Waals surface area contributed by atoms with Crippen LogP contribution in [0.25, 0.3) is 0 Å². The van der Waals surface area contributed by atoms with E-state index in [1.54, 1.807) is 19.1 Å². The van der Waals surface area contributed by atoms with Gasteiger partial charge in [-0.15, -0.1) is 0 Å². The summed E-state index contributed by atoms with van der Waals surface area (Å²) in [6.45, 7) is 3.75. The molecule has 0 saturated heterocycles. The summed E-state index contributed by atoms with van der Waals surface area (Å²) in [5, 5.41) is 20.5. The van der Waals surface area contributed by atoms with E-state index in [2.05, 4.69) is 13.0 Å². The topological polar surface area (TPSA) is 44.0 Å². The Morgan fingerprint density at radius 1 is 1.53 bits per heavy atom. The van der Waals surface area contributed by atoms with Crippen LogP contribution in [-0.4, -0.2) is 5.11 Å². The molecule has 1 aromatic carbocycles. The Labute approximate surface area is 113 Å². The number of nitrogens with zero attached hydrogens (tertiary/aromatic N) is 1. The fraction of sp³-hybridized carbons (Fsp3) is 0.562. The van der Waals surface area contributed by atoms with Crippen molar-refractivity contribution in [3.8, 4) is 6.07 Å². The van der Waals surface area contributed by atoms with Crippen LogP contribution in [0.5, 0.6) is 0 Å². The molecule has 102 valence electrons. The predicted molar refractivity (Wildman–Crippen MR) is 71.6 cm³/mol. The second-order valence-electron chi connectivity index (χ2n) is 5.98. The van der Waals surface area contributed by atoms with E-state index in [-0.39, 0.29) is 5.82 Å². The van der Waals surface area contributed by atoms with Crippen LogP contribution < -0.4 is 0 Å². The van der Waals surface area contributed by atoms with Crippen LogP contribution >= 0.6 is 0 Å². The Morgan fingerprint density at radius 2 is 2.26 bits per heavy atom. The maximum atomic E-state index is 13.4. The minimum absolute atomic E-state index is 0.380. The molecule has 1 aliphatic rings. The van der Waals surface area contributed by atoms with Crippen molar-refractivity contribution in [3.63, 3.8) is 0 Å². The number of rotatable bonds is 2. The molecule has 0 heterocycles. The van der Waals surface area contributed by atoms with Gasteiger partial charge in [-0.05, 0) is 43.4 Å². The molecular formula is C16H20FNO. The first-order valence-corrected chi connectivity index (χ1v) is 6.81. The van der Waals surface area contributed by atoms with Crippen molar-refractivity contribution in [1.82, 2.24) is 0 Å². The van der Waals surface area contributed by atoms with Crippen LogP contribution in [0.3, 0.4) is 0 Å². The molecule has 1 saturated carbocycles. The summed E-state index contributed by atoms with van der Waals surface area (Å²) in [5.41, 5.74) is -1.65. The first-order chi connectivity index (χ1) is 8.91. The highest BCUT2D eigenvalue weighted by molar-refractivity contribution is 5.29. The van der Waals surface area contributed by atoms with E-state index < -0.39 is 11.0 Å². The number of hydrogen-bond donors (Lipinski definition) is 1. The number of benzene rings is 1. The predicted octanol–water partition coefficient (Wildman–Crippen LogP) is 3.75. The van der Waals surface area contributed by atoms with Crippen molar-refractivity contribution in [1.29, 1.82) is 5.26 Å². The summed E-state index contributed by atoms with van der Waals surface area (Å²) in [6.07, 6.45) is 3.34. The van der Waals surface area contributed by atoms with Gasteiger partial charge in [-0.25, -0.2) is 4.39 Å². The van der Waals surface area contributed by atoms with Crippen LogP contribution in [0, 0.1) is 28.5 Å². The first kappa shape index (κ1) is 14.0. The van der Waals surface area contributed by atoms with Gasteiger partial charge in [0.1, 0.15) is 11.4 Å². The van der Waals surface area contributed by atoms with Gasteiger partial charge in [0.25, 0.3) is 0 Å². The van der Waals surface area contributed by atoms with E-state index in [9.17, 15) is 14.8 Å². The molecule has 1 aliphatic carbocycles. The Balaban J connectivity index is 2.44. The molecule has 1 aromatic rings. The molecule has 3 atom stereocenters. The summed E-state index contributed by atoms with van der Waals surface area (Å²) < 4.78 is 13.4. The smallest absolute Gasteiger partial charge is 0.123 e. The van der Waals surface area contributed by atoms with Gasteiger partial charge in [-0.1, -0.05) is 31.9 Å². The zero-order valence-corrected chi connectivity index (χ0v) is 11.5. The lowest BCUT2D eigenvalue weighted by molar-refractivity contribution is -0.0721. The minimum Gasteiger partial charge on any atom is -0.384 e. The first-order valence-electron chi connectivity index (χ1n) is 6.81. The third-order valence-corrected chi connectivity index (χ3v) is 4.53. The summed E-state index contributed by atoms with van der Waals surface area (Å²) in [5.74, 6) is 0.0307. The Hall–Kier alpha value is -1.40. The van der Waals surface area contributed by atoms with Crippen molar-refractivity contribution in [2.24, 2.45) is 11.3 Å². The van der Waals surface area contributed by atoms with Crippen LogP contribution in [0.1, 0.15) is 45.1 Å². The maximum absolute atomic E-state index is 13.4. The van der Waals surface area contributed by atoms with Gasteiger partial charge in [0.15, 0.2) is 0 Å². The van der Waals surface area contributed by atoms with Crippen molar-refractivity contribution in [2.45, 2.75) is 45.1 Å². The SMILES string of the molecule is CC1CCCC(C#N)(C(C)(O)c2cccc(F)c2)C1. The lowest BCUT2D eigenvalue weighted by Gasteiger charge is -2.45. The van der Waals surface area contributed by atoms with E-state index in [0.29, 0.717) is 24.3 Å². The largest absolute Gasteiger partial charge is 0.384 e. The van der Waals surface area contributed by atoms with E-state index in [1.165, 1.54) is 12.1 Å². The van der Waals surface area contributed by atoms with Crippen LogP contribution in [0.4, 0.5) is 4.39 Å². The lowest BCUT2D eigenvalue weighted by Crippen LogP contribution is -2.45. The summed E-state index contributed by atoms with van der Waals surface area (Å²) in [7, 11) is 0. The molecule has 3 unspecified atom stereocenters. The average molecular weight is 261 g/mol. The average Bonchev–Trinajstić information content (AvgIpc) is 2.38. The van der Waals surface area contributed by atoms with Crippen LogP contribution in [-0.2, 0) is 5.60 Å². The summed E-state index contributed by atoms with van der Waals surface area (Å²) >= 11 is 0. The van der Waals surface area contributed by atoms with Crippen LogP contribution in [0.2, 0.25) is 0 Å². The second-order valence-corrected chi connectivity index (χ2v) is 5.98. The molecule has 2 nitrogen and oxygen atoms in total. The minimum atomic E-state index is -1.32. The fourth-order valence-corrected chi connectivity index (χ4v) is 3.27. The van der Waals surface area contributed by atoms with Gasteiger partial charge >= 0.3 is 0 Å². The molecule has 3 heteroatoms. The molecule has 1 N–H and O–H groups in total. The summed E-state index contributed by atoms with van der Waals surface area (Å²) in [6, 6.07) is 8.29. The van der Waals surface area contributed by atoms with E-state index in [4.69, 9.17) is 0 Å². The molecule has 19 heavy (non-hydrogen) atoms. The second kappa shape index (κ2) is 4.94. The van der Waals surface area contributed by atoms with Gasteiger partial charge in [0, 0.05) is 0 Å². The fourth-order valence-electron chi connectivity index (χ4n) is 3.27. The number of aliphatic hydroxyl groups is 1. The third kappa shape index (κ3) is 2.37. The maximum Gasteiger partial charge on any atom is 0.123 e. The Morgan fingerprint density at radius 3 is 2.84 bits per heavy atom. The molecule has 0 aromatic heterocycles. The molecular weight excluding hydrogens is 241 g/mol. The molecule has 2 rings (SSSR count). The summed E-state index contributed by atoms with van der Waals surface area (Å²) in [4.78, 5) is 0. The van der Waals surface area contributed by atoms with Crippen molar-refractivity contribution in [3.05, 3.63) is 35.6 Å². The lowest BCUT2D eigenvalue weighted by atomic mass is 9.60. The molecule has 0 spiro atoms. The Bertz CT molecular complexity index is 506. The van der Waals surface area contributed by atoms with Gasteiger partial charge in [-0.2, -0.15) is 5.26 Å². The van der Waals surface area contributed by atoms with Crippen molar-refractivity contribution < 1.29 is 9.50 Å². The van der Waals surface area contributed by atoms with E-state index in [1.807, 2.05) is 0 Å². The molecule has 0 radical (unpaired) electrons. The highest BCUT2D eigenvalue weighted by Crippen LogP contribution is 2.50. The van der Waals surface area contributed by atoms with E-state index in [0.717, 1.165) is 12.8 Å². The highest BCUT2D eigenvalue weighted by Gasteiger charge is 2.50. The third-order valence-electron chi connectivity index (χ3n) is 4.53. The molecule has 1 fully saturated rings. The Kier molecular flexibility index (Phi) is 3.64. The number of nitriles is 1. The van der Waals surface area contributed by atoms with Gasteiger partial charge in [-0.3, -0.25) is 0 Å². The van der Waals surface area contributed by atoms with E-state index >= 15 is 0 Å². The zero-order chi connectivity index (χ0) is 14.1. The zero-order valence-electron chi connectivity index (χ0n) is 11.5. The van der Waals surface area contributed by atoms with Gasteiger partial charge < -0.3 is 5.11 Å². The highest BCUT2D eigenvalue weighted by atomic mass is 19.1. The normalized spacial score (nSPS) is 30.4. The standard InChI is InChI=1S/C16H20FNO/c1-12-5-4-8-16(10-12,11-18)15(2,19)13-6-3-7-14(17)9-13/h3,6-7,9,12,19H,4-5,8,10H2,1-2H3. The van der Waals surface area contributed by atoms with Crippen molar-refractivity contribution >= 4 is 0 Å². The van der Waals surface area contributed by atoms with Gasteiger partial charge in [0.05, 0.1) is 11.5 Å². The number of halogens is 1. The monoisotopic (exact) mass is 261 g/mol. The molecule has 0 aliphatic heterocycles. The quantitative estimate of drug-likeness (QED) is 0.881. The number of hydrogen-bond acceptors (Lipinski definition) is 2. The van der Waals surface area contributed by atoms with Gasteiger partial charge in [0.2, 0.25) is 0 Å².